The molecule has 0 amide bonds. The third-order valence-electron chi connectivity index (χ3n) is 4.01. The molecule has 0 radical (unpaired) electrons. The molecule has 6 nitrogen and oxygen atoms in total. The van der Waals surface area contributed by atoms with Crippen molar-refractivity contribution in [2.24, 2.45) is 0 Å². The Labute approximate surface area is 142 Å². The number of rotatable bonds is 7. The van der Waals surface area contributed by atoms with Crippen molar-refractivity contribution in [3.8, 4) is 5.69 Å². The summed E-state index contributed by atoms with van der Waals surface area (Å²) in [7, 11) is 4.19. The lowest BCUT2D eigenvalue weighted by atomic mass is 10.1. The highest BCUT2D eigenvalue weighted by Gasteiger charge is 2.14. The molecule has 0 fully saturated rings. The van der Waals surface area contributed by atoms with Gasteiger partial charge in [-0.1, -0.05) is 53.6 Å². The number of para-hydroxylation sites is 1. The molecule has 1 atom stereocenters. The van der Waals surface area contributed by atoms with Gasteiger partial charge in [-0.3, -0.25) is 0 Å². The van der Waals surface area contributed by atoms with E-state index in [0.717, 1.165) is 18.7 Å². The largest absolute Gasteiger partial charge is 0.351 e. The fraction of sp³-hybridized carbons (Fsp3) is 0.278. The van der Waals surface area contributed by atoms with Gasteiger partial charge in [0.15, 0.2) is 0 Å². The summed E-state index contributed by atoms with van der Waals surface area (Å²) in [4.78, 5) is 2.22. The predicted octanol–water partition coefficient (Wildman–Crippen LogP) is 2.25. The Bertz CT molecular complexity index is 738. The molecular formula is C18H22N6. The number of likely N-dealkylation sites (N-methyl/N-ethyl adjacent to an activating group) is 1. The van der Waals surface area contributed by atoms with E-state index in [0.29, 0.717) is 12.0 Å². The first kappa shape index (κ1) is 16.1. The Kier molecular flexibility index (Phi) is 5.18. The summed E-state index contributed by atoms with van der Waals surface area (Å²) in [5.74, 6) is 0.654. The van der Waals surface area contributed by atoms with Gasteiger partial charge in [-0.2, -0.15) is 4.68 Å². The number of anilines is 1. The number of hydrogen-bond acceptors (Lipinski definition) is 5. The lowest BCUT2D eigenvalue weighted by Crippen LogP contribution is -2.36. The molecule has 0 spiro atoms. The van der Waals surface area contributed by atoms with Gasteiger partial charge in [-0.05, 0) is 48.6 Å². The lowest BCUT2D eigenvalue weighted by Gasteiger charge is -2.24. The van der Waals surface area contributed by atoms with Crippen LogP contribution >= 0.6 is 0 Å². The summed E-state index contributed by atoms with van der Waals surface area (Å²) in [5.41, 5.74) is 2.26. The predicted molar refractivity (Wildman–Crippen MR) is 95.3 cm³/mol. The van der Waals surface area contributed by atoms with Gasteiger partial charge in [-0.15, -0.1) is 0 Å². The molecule has 3 aromatic rings. The number of nitrogens with one attached hydrogen (secondary N) is 1. The van der Waals surface area contributed by atoms with Gasteiger partial charge >= 0.3 is 0 Å². The summed E-state index contributed by atoms with van der Waals surface area (Å²) >= 11 is 0. The van der Waals surface area contributed by atoms with Gasteiger partial charge in [0.1, 0.15) is 0 Å². The molecular weight excluding hydrogens is 300 g/mol. The molecule has 1 aromatic heterocycles. The summed E-state index contributed by atoms with van der Waals surface area (Å²) in [6.45, 7) is 0.759. The maximum absolute atomic E-state index is 4.10. The second-order valence-corrected chi connectivity index (χ2v) is 5.94. The summed E-state index contributed by atoms with van der Waals surface area (Å²) < 4.78 is 1.72. The number of hydrogen-bond donors (Lipinski definition) is 1. The zero-order valence-electron chi connectivity index (χ0n) is 14.0. The fourth-order valence-electron chi connectivity index (χ4n) is 2.57. The van der Waals surface area contributed by atoms with Crippen LogP contribution in [-0.4, -0.2) is 51.8 Å². The van der Waals surface area contributed by atoms with Gasteiger partial charge in [0.25, 0.3) is 0 Å². The Morgan fingerprint density at radius 1 is 1.00 bits per heavy atom. The lowest BCUT2D eigenvalue weighted by molar-refractivity contribution is 0.303. The molecule has 0 aliphatic heterocycles. The molecule has 3 rings (SSSR count). The number of nitrogens with zero attached hydrogens (tertiary/aromatic N) is 5. The van der Waals surface area contributed by atoms with Gasteiger partial charge < -0.3 is 10.2 Å². The van der Waals surface area contributed by atoms with Crippen LogP contribution < -0.4 is 5.32 Å². The van der Waals surface area contributed by atoms with Crippen molar-refractivity contribution in [2.75, 3.05) is 26.0 Å². The zero-order valence-corrected chi connectivity index (χ0v) is 14.0. The Morgan fingerprint density at radius 3 is 2.33 bits per heavy atom. The average molecular weight is 322 g/mol. The number of benzene rings is 2. The Morgan fingerprint density at radius 2 is 1.67 bits per heavy atom. The number of tetrazole rings is 1. The maximum atomic E-state index is 4.10. The van der Waals surface area contributed by atoms with Gasteiger partial charge in [0.2, 0.25) is 5.95 Å². The third-order valence-corrected chi connectivity index (χ3v) is 4.01. The molecule has 0 unspecified atom stereocenters. The van der Waals surface area contributed by atoms with Crippen molar-refractivity contribution in [3.05, 3.63) is 66.2 Å². The monoisotopic (exact) mass is 322 g/mol. The molecule has 24 heavy (non-hydrogen) atoms. The first-order chi connectivity index (χ1) is 11.7. The van der Waals surface area contributed by atoms with Gasteiger partial charge in [0.05, 0.1) is 5.69 Å². The second kappa shape index (κ2) is 7.70. The average Bonchev–Trinajstić information content (AvgIpc) is 3.08. The van der Waals surface area contributed by atoms with Crippen LogP contribution in [0.3, 0.4) is 0 Å². The van der Waals surface area contributed by atoms with Crippen molar-refractivity contribution in [1.82, 2.24) is 25.1 Å². The van der Waals surface area contributed by atoms with Crippen molar-refractivity contribution < 1.29 is 0 Å². The highest BCUT2D eigenvalue weighted by Crippen LogP contribution is 2.12. The summed E-state index contributed by atoms with van der Waals surface area (Å²) in [5, 5.41) is 15.3. The van der Waals surface area contributed by atoms with Crippen LogP contribution in [0.25, 0.3) is 5.69 Å². The Balaban J connectivity index is 1.69. The van der Waals surface area contributed by atoms with Crippen LogP contribution in [0, 0.1) is 0 Å². The van der Waals surface area contributed by atoms with E-state index in [9.17, 15) is 0 Å². The molecule has 0 aliphatic rings. The van der Waals surface area contributed by atoms with Crippen LogP contribution in [0.2, 0.25) is 0 Å². The van der Waals surface area contributed by atoms with Crippen LogP contribution in [0.15, 0.2) is 60.7 Å². The van der Waals surface area contributed by atoms with Crippen LogP contribution in [0.5, 0.6) is 0 Å². The second-order valence-electron chi connectivity index (χ2n) is 5.94. The van der Waals surface area contributed by atoms with Crippen molar-refractivity contribution in [3.63, 3.8) is 0 Å². The minimum absolute atomic E-state index is 0.341. The minimum atomic E-state index is 0.341. The van der Waals surface area contributed by atoms with Crippen LogP contribution in [0.4, 0.5) is 5.95 Å². The van der Waals surface area contributed by atoms with E-state index < -0.39 is 0 Å². The topological polar surface area (TPSA) is 58.9 Å². The van der Waals surface area contributed by atoms with E-state index in [1.165, 1.54) is 5.56 Å². The molecule has 0 saturated carbocycles. The van der Waals surface area contributed by atoms with E-state index in [1.807, 2.05) is 36.4 Å². The maximum Gasteiger partial charge on any atom is 0.247 e. The Hall–Kier alpha value is -2.73. The van der Waals surface area contributed by atoms with E-state index in [1.54, 1.807) is 4.68 Å². The normalized spacial score (nSPS) is 12.3. The standard InChI is InChI=1S/C18H22N6/c1-23(2)17(13-15-9-5-3-6-10-15)14-19-18-20-21-22-24(18)16-11-7-4-8-12-16/h3-12,17H,13-14H2,1-2H3,(H,19,20,22)/t17-/m1/s1. The van der Waals surface area contributed by atoms with Crippen LogP contribution in [-0.2, 0) is 6.42 Å². The first-order valence-corrected chi connectivity index (χ1v) is 8.02. The smallest absolute Gasteiger partial charge is 0.247 e. The molecule has 0 bridgehead atoms. The highest BCUT2D eigenvalue weighted by molar-refractivity contribution is 5.38. The highest BCUT2D eigenvalue weighted by atomic mass is 15.6. The van der Waals surface area contributed by atoms with E-state index >= 15 is 0 Å². The molecule has 2 aromatic carbocycles. The third kappa shape index (κ3) is 3.97. The molecule has 1 N–H and O–H groups in total. The van der Waals surface area contributed by atoms with Gasteiger partial charge in [0, 0.05) is 12.6 Å². The summed E-state index contributed by atoms with van der Waals surface area (Å²) in [6.07, 6.45) is 0.966. The first-order valence-electron chi connectivity index (χ1n) is 8.02. The van der Waals surface area contributed by atoms with E-state index in [4.69, 9.17) is 0 Å². The quantitative estimate of drug-likeness (QED) is 0.723. The zero-order chi connectivity index (χ0) is 16.8. The van der Waals surface area contributed by atoms with E-state index in [2.05, 4.69) is 64.1 Å². The van der Waals surface area contributed by atoms with Gasteiger partial charge in [-0.25, -0.2) is 0 Å². The van der Waals surface area contributed by atoms with Crippen molar-refractivity contribution in [2.45, 2.75) is 12.5 Å². The van der Waals surface area contributed by atoms with E-state index in [-0.39, 0.29) is 0 Å². The fourth-order valence-corrected chi connectivity index (χ4v) is 2.57. The number of aromatic nitrogens is 4. The van der Waals surface area contributed by atoms with Crippen molar-refractivity contribution in [1.29, 1.82) is 0 Å². The SMILES string of the molecule is CN(C)[C@@H](CNc1nnnn1-c1ccccc1)Cc1ccccc1. The summed E-state index contributed by atoms with van der Waals surface area (Å²) in [6, 6.07) is 20.7. The molecule has 1 heterocycles. The molecule has 124 valence electrons. The molecule has 0 saturated heterocycles. The molecule has 6 heteroatoms. The molecule has 0 aliphatic carbocycles. The minimum Gasteiger partial charge on any atom is -0.351 e. The van der Waals surface area contributed by atoms with Crippen molar-refractivity contribution >= 4 is 5.95 Å². The van der Waals surface area contributed by atoms with Crippen LogP contribution in [0.1, 0.15) is 5.56 Å².